The summed E-state index contributed by atoms with van der Waals surface area (Å²) in [5.74, 6) is 3.48. The van der Waals surface area contributed by atoms with Crippen LogP contribution in [0.1, 0.15) is 30.9 Å². The summed E-state index contributed by atoms with van der Waals surface area (Å²) >= 11 is 0. The van der Waals surface area contributed by atoms with Crippen molar-refractivity contribution in [2.45, 2.75) is 19.8 Å². The van der Waals surface area contributed by atoms with E-state index < -0.39 is 0 Å². The summed E-state index contributed by atoms with van der Waals surface area (Å²) in [6.07, 6.45) is 0. The second kappa shape index (κ2) is 9.70. The Balaban J connectivity index is 1.32. The van der Waals surface area contributed by atoms with Crippen LogP contribution in [0.2, 0.25) is 0 Å². The number of methoxy groups -OCH3 is 1. The van der Waals surface area contributed by atoms with Crippen LogP contribution in [0.5, 0.6) is 17.2 Å². The van der Waals surface area contributed by atoms with Gasteiger partial charge < -0.3 is 24.6 Å². The number of carbonyl (C=O) groups excluding carboxylic acids is 1. The highest BCUT2D eigenvalue weighted by Crippen LogP contribution is 2.39. The molecule has 0 unspecified atom stereocenters. The van der Waals surface area contributed by atoms with Crippen molar-refractivity contribution in [3.63, 3.8) is 0 Å². The van der Waals surface area contributed by atoms with E-state index in [-0.39, 0.29) is 6.03 Å². The number of para-hydroxylation sites is 2. The molecule has 5 rings (SSSR count). The quantitative estimate of drug-likeness (QED) is 0.521. The number of ether oxygens (including phenoxy) is 2. The number of anilines is 1. The Bertz CT molecular complexity index is 1250. The lowest BCUT2D eigenvalue weighted by atomic mass is 10.0. The molecule has 0 saturated carbocycles. The van der Waals surface area contributed by atoms with Gasteiger partial charge in [0.1, 0.15) is 23.0 Å². The molecule has 0 spiro atoms. The summed E-state index contributed by atoms with van der Waals surface area (Å²) in [5, 5.41) is 3.03. The molecule has 2 aliphatic heterocycles. The molecule has 1 fully saturated rings. The van der Waals surface area contributed by atoms with Crippen LogP contribution in [0.25, 0.3) is 0 Å². The molecule has 2 aliphatic rings. The van der Waals surface area contributed by atoms with Gasteiger partial charge in [-0.2, -0.15) is 0 Å². The summed E-state index contributed by atoms with van der Waals surface area (Å²) in [5.41, 5.74) is 3.72. The Morgan fingerprint density at radius 1 is 0.971 bits per heavy atom. The highest BCUT2D eigenvalue weighted by atomic mass is 16.5. The van der Waals surface area contributed by atoms with Crippen molar-refractivity contribution < 1.29 is 14.3 Å². The number of urea groups is 1. The predicted molar refractivity (Wildman–Crippen MR) is 138 cm³/mol. The summed E-state index contributed by atoms with van der Waals surface area (Å²) in [4.78, 5) is 21.9. The van der Waals surface area contributed by atoms with Crippen molar-refractivity contribution in [1.82, 2.24) is 9.80 Å². The van der Waals surface area contributed by atoms with Crippen molar-refractivity contribution in [3.8, 4) is 17.2 Å². The molecule has 0 aromatic heterocycles. The fourth-order valence-electron chi connectivity index (χ4n) is 4.34. The van der Waals surface area contributed by atoms with Crippen LogP contribution in [0.3, 0.4) is 0 Å². The second-order valence-electron chi connectivity index (χ2n) is 9.05. The number of amides is 2. The van der Waals surface area contributed by atoms with Crippen LogP contribution in [-0.2, 0) is 0 Å². The van der Waals surface area contributed by atoms with Gasteiger partial charge in [-0.25, -0.2) is 9.79 Å². The molecular formula is C28H30N4O3. The summed E-state index contributed by atoms with van der Waals surface area (Å²) in [6.45, 7) is 6.83. The highest BCUT2D eigenvalue weighted by Gasteiger charge is 2.28. The van der Waals surface area contributed by atoms with Crippen LogP contribution in [0.4, 0.5) is 16.2 Å². The maximum atomic E-state index is 12.9. The van der Waals surface area contributed by atoms with Gasteiger partial charge in [0, 0.05) is 31.9 Å². The third-order valence-electron chi connectivity index (χ3n) is 6.43. The van der Waals surface area contributed by atoms with E-state index in [1.54, 1.807) is 7.11 Å². The number of amidine groups is 1. The number of hydrogen-bond donors (Lipinski definition) is 1. The number of benzene rings is 3. The van der Waals surface area contributed by atoms with Gasteiger partial charge in [-0.15, -0.1) is 0 Å². The highest BCUT2D eigenvalue weighted by molar-refractivity contribution is 6.04. The van der Waals surface area contributed by atoms with Gasteiger partial charge in [0.05, 0.1) is 12.7 Å². The van der Waals surface area contributed by atoms with E-state index in [4.69, 9.17) is 14.5 Å². The van der Waals surface area contributed by atoms with Crippen molar-refractivity contribution in [2.24, 2.45) is 4.99 Å². The molecule has 0 radical (unpaired) electrons. The molecule has 3 aromatic carbocycles. The molecule has 0 bridgehead atoms. The fourth-order valence-corrected chi connectivity index (χ4v) is 4.34. The number of fused-ring (bicyclic) bond motifs is 2. The molecular weight excluding hydrogens is 440 g/mol. The molecule has 2 amide bonds. The topological polar surface area (TPSA) is 66.4 Å². The largest absolute Gasteiger partial charge is 0.497 e. The van der Waals surface area contributed by atoms with Gasteiger partial charge in [-0.3, -0.25) is 0 Å². The first-order valence-electron chi connectivity index (χ1n) is 12.0. The van der Waals surface area contributed by atoms with Gasteiger partial charge >= 0.3 is 6.03 Å². The minimum absolute atomic E-state index is 0.0829. The fraction of sp³-hybridized carbons (Fsp3) is 0.286. The predicted octanol–water partition coefficient (Wildman–Crippen LogP) is 5.85. The first-order chi connectivity index (χ1) is 17.0. The van der Waals surface area contributed by atoms with Crippen LogP contribution < -0.4 is 14.8 Å². The molecule has 180 valence electrons. The van der Waals surface area contributed by atoms with Gasteiger partial charge in [-0.1, -0.05) is 38.1 Å². The maximum absolute atomic E-state index is 12.9. The monoisotopic (exact) mass is 470 g/mol. The normalized spacial score (nSPS) is 14.9. The molecule has 0 aliphatic carbocycles. The van der Waals surface area contributed by atoms with E-state index in [2.05, 4.69) is 36.2 Å². The summed E-state index contributed by atoms with van der Waals surface area (Å²) in [6, 6.07) is 21.5. The van der Waals surface area contributed by atoms with E-state index in [9.17, 15) is 4.79 Å². The third kappa shape index (κ3) is 4.80. The van der Waals surface area contributed by atoms with E-state index >= 15 is 0 Å². The number of nitrogens with one attached hydrogen (secondary N) is 1. The zero-order valence-electron chi connectivity index (χ0n) is 20.3. The number of hydrogen-bond acceptors (Lipinski definition) is 5. The Hall–Kier alpha value is -4.00. The Kier molecular flexibility index (Phi) is 6.31. The van der Waals surface area contributed by atoms with Crippen molar-refractivity contribution >= 4 is 23.2 Å². The number of aliphatic imine (C=N–C) groups is 1. The number of piperazine rings is 1. The van der Waals surface area contributed by atoms with Crippen LogP contribution in [0, 0.1) is 0 Å². The lowest BCUT2D eigenvalue weighted by Crippen LogP contribution is -2.51. The summed E-state index contributed by atoms with van der Waals surface area (Å²) < 4.78 is 11.7. The standard InChI is InChI=1S/C28H30N4O3/c1-19(2)20-8-10-21(11-9-20)29-28(33)32-16-14-31(15-17-32)27-23-18-22(34-3)12-13-25(23)35-26-7-5-4-6-24(26)30-27/h4-13,18-19H,14-17H2,1-3H3,(H,29,33). The Morgan fingerprint density at radius 2 is 1.71 bits per heavy atom. The summed E-state index contributed by atoms with van der Waals surface area (Å²) in [7, 11) is 1.65. The first-order valence-corrected chi connectivity index (χ1v) is 12.0. The van der Waals surface area contributed by atoms with Crippen LogP contribution in [0.15, 0.2) is 71.7 Å². The minimum atomic E-state index is -0.0829. The number of nitrogens with zero attached hydrogens (tertiary/aromatic N) is 3. The molecule has 1 saturated heterocycles. The lowest BCUT2D eigenvalue weighted by Gasteiger charge is -2.36. The van der Waals surface area contributed by atoms with E-state index in [0.29, 0.717) is 32.1 Å². The zero-order valence-corrected chi connectivity index (χ0v) is 20.3. The van der Waals surface area contributed by atoms with E-state index in [0.717, 1.165) is 40.0 Å². The number of rotatable bonds is 3. The van der Waals surface area contributed by atoms with Gasteiger partial charge in [0.2, 0.25) is 0 Å². The lowest BCUT2D eigenvalue weighted by molar-refractivity contribution is 0.181. The molecule has 7 heteroatoms. The average Bonchev–Trinajstić information content (AvgIpc) is 3.05. The SMILES string of the molecule is COc1ccc2c(c1)C(N1CCN(C(=O)Nc3ccc(C(C)C)cc3)CC1)=Nc1ccccc1O2. The molecule has 1 N–H and O–H groups in total. The molecule has 3 aromatic rings. The molecule has 0 atom stereocenters. The van der Waals surface area contributed by atoms with Crippen LogP contribution >= 0.6 is 0 Å². The molecule has 2 heterocycles. The van der Waals surface area contributed by atoms with E-state index in [1.807, 2.05) is 59.5 Å². The average molecular weight is 471 g/mol. The Morgan fingerprint density at radius 3 is 2.43 bits per heavy atom. The smallest absolute Gasteiger partial charge is 0.321 e. The van der Waals surface area contributed by atoms with Crippen molar-refractivity contribution in [1.29, 1.82) is 0 Å². The van der Waals surface area contributed by atoms with Crippen molar-refractivity contribution in [2.75, 3.05) is 38.6 Å². The van der Waals surface area contributed by atoms with Gasteiger partial charge in [0.25, 0.3) is 0 Å². The Labute approximate surface area is 206 Å². The van der Waals surface area contributed by atoms with Crippen LogP contribution in [-0.4, -0.2) is 55.0 Å². The number of carbonyl (C=O) groups is 1. The van der Waals surface area contributed by atoms with Crippen molar-refractivity contribution in [3.05, 3.63) is 77.9 Å². The molecule has 7 nitrogen and oxygen atoms in total. The van der Waals surface area contributed by atoms with Gasteiger partial charge in [-0.05, 0) is 53.9 Å². The maximum Gasteiger partial charge on any atom is 0.321 e. The van der Waals surface area contributed by atoms with Gasteiger partial charge in [0.15, 0.2) is 5.75 Å². The second-order valence-corrected chi connectivity index (χ2v) is 9.05. The first kappa shape index (κ1) is 22.8. The third-order valence-corrected chi connectivity index (χ3v) is 6.43. The van der Waals surface area contributed by atoms with E-state index in [1.165, 1.54) is 5.56 Å². The zero-order chi connectivity index (χ0) is 24.4. The molecule has 35 heavy (non-hydrogen) atoms. The minimum Gasteiger partial charge on any atom is -0.497 e.